The summed E-state index contributed by atoms with van der Waals surface area (Å²) in [6, 6.07) is 25.4. The summed E-state index contributed by atoms with van der Waals surface area (Å²) >= 11 is 0. The van der Waals surface area contributed by atoms with E-state index in [0.717, 1.165) is 24.2 Å². The number of hydrogen-bond acceptors (Lipinski definition) is 3. The van der Waals surface area contributed by atoms with Crippen LogP contribution in [0.5, 0.6) is 5.75 Å². The molecule has 5 heteroatoms. The first-order valence-electron chi connectivity index (χ1n) is 9.16. The molecule has 0 spiro atoms. The summed E-state index contributed by atoms with van der Waals surface area (Å²) in [4.78, 5) is 0.245. The van der Waals surface area contributed by atoms with Gasteiger partial charge in [0.15, 0.2) is 0 Å². The second kappa shape index (κ2) is 9.76. The molecule has 0 radical (unpaired) electrons. The van der Waals surface area contributed by atoms with E-state index in [1.807, 2.05) is 54.6 Å². The van der Waals surface area contributed by atoms with Crippen LogP contribution in [0.1, 0.15) is 18.4 Å². The molecule has 1 N–H and O–H groups in total. The monoisotopic (exact) mass is 393 g/mol. The number of nitrogens with one attached hydrogen (secondary N) is 1. The third-order valence-electron chi connectivity index (χ3n) is 4.03. The second-order valence-electron chi connectivity index (χ2n) is 6.25. The molecule has 144 valence electrons. The van der Waals surface area contributed by atoms with E-state index in [4.69, 9.17) is 4.74 Å². The zero-order valence-corrected chi connectivity index (χ0v) is 16.3. The summed E-state index contributed by atoms with van der Waals surface area (Å²) in [6.07, 6.45) is 5.85. The minimum absolute atomic E-state index is 0.245. The van der Waals surface area contributed by atoms with Crippen molar-refractivity contribution < 1.29 is 13.2 Å². The van der Waals surface area contributed by atoms with Crippen molar-refractivity contribution >= 4 is 21.8 Å². The molecule has 0 saturated heterocycles. The molecule has 4 nitrogen and oxygen atoms in total. The molecule has 0 unspecified atom stereocenters. The van der Waals surface area contributed by atoms with Crippen molar-refractivity contribution in [1.29, 1.82) is 0 Å². The number of hydrogen-bond donors (Lipinski definition) is 1. The van der Waals surface area contributed by atoms with Crippen molar-refractivity contribution in [3.8, 4) is 5.75 Å². The Morgan fingerprint density at radius 2 is 1.57 bits per heavy atom. The molecule has 3 aromatic rings. The third-order valence-corrected chi connectivity index (χ3v) is 5.43. The lowest BCUT2D eigenvalue weighted by atomic mass is 10.1. The first-order chi connectivity index (χ1) is 13.6. The van der Waals surface area contributed by atoms with Crippen LogP contribution in [0.3, 0.4) is 0 Å². The molecule has 0 aromatic heterocycles. The number of anilines is 1. The number of ether oxygens (including phenoxy) is 1. The van der Waals surface area contributed by atoms with Crippen molar-refractivity contribution in [3.63, 3.8) is 0 Å². The van der Waals surface area contributed by atoms with Crippen LogP contribution >= 0.6 is 0 Å². The minimum Gasteiger partial charge on any atom is -0.494 e. The van der Waals surface area contributed by atoms with Crippen LogP contribution in [-0.2, 0) is 10.0 Å². The average Bonchev–Trinajstić information content (AvgIpc) is 2.72. The highest BCUT2D eigenvalue weighted by atomic mass is 32.2. The first-order valence-corrected chi connectivity index (χ1v) is 10.6. The first kappa shape index (κ1) is 19.7. The number of allylic oxidation sites excluding steroid dienone is 1. The Bertz CT molecular complexity index is 1000. The van der Waals surface area contributed by atoms with E-state index in [2.05, 4.69) is 10.8 Å². The Morgan fingerprint density at radius 3 is 2.32 bits per heavy atom. The van der Waals surface area contributed by atoms with Crippen molar-refractivity contribution in [2.24, 2.45) is 0 Å². The van der Waals surface area contributed by atoms with Crippen LogP contribution in [0.4, 0.5) is 5.69 Å². The van der Waals surface area contributed by atoms with Gasteiger partial charge >= 0.3 is 0 Å². The molecule has 3 rings (SSSR count). The predicted octanol–water partition coefficient (Wildman–Crippen LogP) is 5.36. The Labute approximate surface area is 166 Å². The van der Waals surface area contributed by atoms with E-state index in [1.54, 1.807) is 36.4 Å². The van der Waals surface area contributed by atoms with Crippen LogP contribution in [0.2, 0.25) is 0 Å². The van der Waals surface area contributed by atoms with Gasteiger partial charge in [-0.3, -0.25) is 4.72 Å². The molecule has 0 saturated carbocycles. The van der Waals surface area contributed by atoms with Crippen LogP contribution in [0, 0.1) is 0 Å². The van der Waals surface area contributed by atoms with E-state index in [-0.39, 0.29) is 4.90 Å². The maximum Gasteiger partial charge on any atom is 0.261 e. The lowest BCUT2D eigenvalue weighted by Crippen LogP contribution is -2.12. The SMILES string of the molecule is O=S(=O)(Nc1cccc(/C=C/CCCOc2ccccc2)c1)c1ccccc1. The molecule has 0 fully saturated rings. The fourth-order valence-corrected chi connectivity index (χ4v) is 3.72. The molecule has 0 aliphatic carbocycles. The van der Waals surface area contributed by atoms with Gasteiger partial charge in [-0.1, -0.05) is 60.7 Å². The highest BCUT2D eigenvalue weighted by Gasteiger charge is 2.13. The van der Waals surface area contributed by atoms with Gasteiger partial charge in [0.2, 0.25) is 0 Å². The summed E-state index contributed by atoms with van der Waals surface area (Å²) in [7, 11) is -3.58. The maximum absolute atomic E-state index is 12.4. The second-order valence-corrected chi connectivity index (χ2v) is 7.93. The van der Waals surface area contributed by atoms with E-state index in [1.165, 1.54) is 0 Å². The standard InChI is InChI=1S/C23H23NO3S/c25-28(26,23-16-7-2-8-17-23)24-21-13-10-12-20(19-21)11-4-3-9-18-27-22-14-5-1-6-15-22/h1-2,4-8,10-17,19,24H,3,9,18H2/b11-4+. The molecule has 0 aliphatic heterocycles. The normalized spacial score (nSPS) is 11.4. The third kappa shape index (κ3) is 5.99. The number of rotatable bonds is 9. The van der Waals surface area contributed by atoms with Gasteiger partial charge in [-0.05, 0) is 54.8 Å². The summed E-state index contributed by atoms with van der Waals surface area (Å²) in [5, 5.41) is 0. The number of unbranched alkanes of at least 4 members (excludes halogenated alkanes) is 1. The molecule has 0 aliphatic rings. The van der Waals surface area contributed by atoms with Gasteiger partial charge in [-0.25, -0.2) is 8.42 Å². The van der Waals surface area contributed by atoms with Gasteiger partial charge < -0.3 is 4.74 Å². The number of para-hydroxylation sites is 1. The topological polar surface area (TPSA) is 55.4 Å². The van der Waals surface area contributed by atoms with E-state index < -0.39 is 10.0 Å². The van der Waals surface area contributed by atoms with Crippen molar-refractivity contribution in [2.45, 2.75) is 17.7 Å². The van der Waals surface area contributed by atoms with Crippen molar-refractivity contribution in [2.75, 3.05) is 11.3 Å². The summed E-state index contributed by atoms with van der Waals surface area (Å²) in [5.41, 5.74) is 1.48. The van der Waals surface area contributed by atoms with E-state index >= 15 is 0 Å². The van der Waals surface area contributed by atoms with E-state index in [9.17, 15) is 8.42 Å². The van der Waals surface area contributed by atoms with Gasteiger partial charge in [0.1, 0.15) is 5.75 Å². The lowest BCUT2D eigenvalue weighted by molar-refractivity contribution is 0.312. The minimum atomic E-state index is -3.58. The van der Waals surface area contributed by atoms with Crippen LogP contribution in [0.15, 0.2) is 95.9 Å². The fourth-order valence-electron chi connectivity index (χ4n) is 2.65. The van der Waals surface area contributed by atoms with Gasteiger partial charge in [0, 0.05) is 5.69 Å². The highest BCUT2D eigenvalue weighted by molar-refractivity contribution is 7.92. The molecule has 0 heterocycles. The molecular formula is C23H23NO3S. The average molecular weight is 394 g/mol. The zero-order valence-electron chi connectivity index (χ0n) is 15.5. The Balaban J connectivity index is 1.51. The van der Waals surface area contributed by atoms with Crippen LogP contribution in [-0.4, -0.2) is 15.0 Å². The Morgan fingerprint density at radius 1 is 0.857 bits per heavy atom. The zero-order chi connectivity index (χ0) is 19.7. The van der Waals surface area contributed by atoms with Gasteiger partial charge in [-0.2, -0.15) is 0 Å². The Hall–Kier alpha value is -3.05. The molecule has 0 amide bonds. The maximum atomic E-state index is 12.4. The quantitative estimate of drug-likeness (QED) is 0.498. The van der Waals surface area contributed by atoms with Crippen molar-refractivity contribution in [3.05, 3.63) is 96.6 Å². The molecule has 28 heavy (non-hydrogen) atoms. The predicted molar refractivity (Wildman–Crippen MR) is 114 cm³/mol. The summed E-state index contributed by atoms with van der Waals surface area (Å²) in [5.74, 6) is 0.880. The highest BCUT2D eigenvalue weighted by Crippen LogP contribution is 2.18. The summed E-state index contributed by atoms with van der Waals surface area (Å²) in [6.45, 7) is 0.658. The lowest BCUT2D eigenvalue weighted by Gasteiger charge is -2.08. The van der Waals surface area contributed by atoms with Gasteiger partial charge in [0.25, 0.3) is 10.0 Å². The smallest absolute Gasteiger partial charge is 0.261 e. The molecule has 3 aromatic carbocycles. The molecule has 0 atom stereocenters. The van der Waals surface area contributed by atoms with Gasteiger partial charge in [-0.15, -0.1) is 0 Å². The molecule has 0 bridgehead atoms. The number of sulfonamides is 1. The number of benzene rings is 3. The summed E-state index contributed by atoms with van der Waals surface area (Å²) < 4.78 is 33.1. The fraction of sp³-hybridized carbons (Fsp3) is 0.130. The molecular weight excluding hydrogens is 370 g/mol. The van der Waals surface area contributed by atoms with Crippen molar-refractivity contribution in [1.82, 2.24) is 0 Å². The largest absolute Gasteiger partial charge is 0.494 e. The Kier molecular flexibility index (Phi) is 6.87. The van der Waals surface area contributed by atoms with Gasteiger partial charge in [0.05, 0.1) is 11.5 Å². The van der Waals surface area contributed by atoms with Crippen LogP contribution < -0.4 is 9.46 Å². The van der Waals surface area contributed by atoms with E-state index in [0.29, 0.717) is 12.3 Å². The van der Waals surface area contributed by atoms with Crippen LogP contribution in [0.25, 0.3) is 6.08 Å².